The Hall–Kier alpha value is -3.47. The van der Waals surface area contributed by atoms with Gasteiger partial charge in [0.15, 0.2) is 0 Å². The Morgan fingerprint density at radius 3 is 2.64 bits per heavy atom. The number of pyridine rings is 1. The second-order valence-electron chi connectivity index (χ2n) is 7.77. The first-order valence-electron chi connectivity index (χ1n) is 10.6. The molecule has 0 bridgehead atoms. The molecule has 4 rings (SSSR count). The van der Waals surface area contributed by atoms with Crippen molar-refractivity contribution >= 4 is 23.8 Å². The molecule has 3 aromatic rings. The molecule has 3 heterocycles. The van der Waals surface area contributed by atoms with Crippen LogP contribution in [-0.2, 0) is 17.8 Å². The van der Waals surface area contributed by atoms with Gasteiger partial charge < -0.3 is 14.7 Å². The highest BCUT2D eigenvalue weighted by Gasteiger charge is 2.26. The van der Waals surface area contributed by atoms with Crippen LogP contribution in [0.4, 0.5) is 4.79 Å². The van der Waals surface area contributed by atoms with Crippen molar-refractivity contribution in [3.05, 3.63) is 59.4 Å². The summed E-state index contributed by atoms with van der Waals surface area (Å²) in [5.74, 6) is -0.493. The van der Waals surface area contributed by atoms with Crippen molar-refractivity contribution in [1.82, 2.24) is 30.1 Å². The third-order valence-electron chi connectivity index (χ3n) is 5.37. The average molecular weight is 469 g/mol. The number of likely N-dealkylation sites (tertiary alicyclic amines) is 1. The fourth-order valence-electron chi connectivity index (χ4n) is 3.55. The number of tetrazole rings is 1. The van der Waals surface area contributed by atoms with Crippen LogP contribution in [0.2, 0.25) is 0 Å². The second-order valence-corrected chi connectivity index (χ2v) is 9.04. The molecule has 1 amide bonds. The molecule has 0 aliphatic carbocycles. The molecule has 0 atom stereocenters. The number of aliphatic carboxylic acids is 1. The molecular formula is C22H24N6O4S. The van der Waals surface area contributed by atoms with Crippen LogP contribution in [0.3, 0.4) is 0 Å². The van der Waals surface area contributed by atoms with Crippen LogP contribution >= 0.6 is 11.8 Å². The molecule has 0 saturated carbocycles. The summed E-state index contributed by atoms with van der Waals surface area (Å²) < 4.78 is 6.82. The average Bonchev–Trinajstić information content (AvgIpc) is 3.23. The van der Waals surface area contributed by atoms with E-state index in [1.54, 1.807) is 23.2 Å². The summed E-state index contributed by atoms with van der Waals surface area (Å²) in [5.41, 5.74) is 3.27. The van der Waals surface area contributed by atoms with Crippen molar-refractivity contribution in [2.45, 2.75) is 43.1 Å². The zero-order valence-electron chi connectivity index (χ0n) is 18.1. The van der Waals surface area contributed by atoms with Crippen LogP contribution in [-0.4, -0.2) is 65.6 Å². The number of aryl methyl sites for hydroxylation is 1. The molecule has 1 aliphatic heterocycles. The lowest BCUT2D eigenvalue weighted by molar-refractivity contribution is -0.138. The minimum Gasteiger partial charge on any atom is -0.480 e. The van der Waals surface area contributed by atoms with Gasteiger partial charge in [-0.1, -0.05) is 30.0 Å². The van der Waals surface area contributed by atoms with Crippen LogP contribution in [0.5, 0.6) is 5.75 Å². The number of thioether (sulfide) groups is 1. The fraction of sp³-hybridized carbons (Fsp3) is 0.364. The summed E-state index contributed by atoms with van der Waals surface area (Å²) in [6.07, 6.45) is 3.62. The zero-order valence-corrected chi connectivity index (χ0v) is 18.9. The maximum absolute atomic E-state index is 12.6. The predicted octanol–water partition coefficient (Wildman–Crippen LogP) is 2.81. The molecular weight excluding hydrogens is 444 g/mol. The Labute approximate surface area is 195 Å². The summed E-state index contributed by atoms with van der Waals surface area (Å²) in [6.45, 7) is 2.86. The number of carboxylic acid groups (broad SMARTS) is 1. The highest BCUT2D eigenvalue weighted by molar-refractivity contribution is 7.99. The van der Waals surface area contributed by atoms with Gasteiger partial charge in [-0.2, -0.15) is 0 Å². The van der Waals surface area contributed by atoms with E-state index in [2.05, 4.69) is 20.5 Å². The monoisotopic (exact) mass is 468 g/mol. The number of ether oxygens (including phenoxy) is 1. The van der Waals surface area contributed by atoms with Crippen LogP contribution < -0.4 is 4.74 Å². The van der Waals surface area contributed by atoms with Gasteiger partial charge in [0.25, 0.3) is 0 Å². The molecule has 0 unspecified atom stereocenters. The number of carbonyl (C=O) groups is 2. The van der Waals surface area contributed by atoms with Crippen LogP contribution in [0.25, 0.3) is 0 Å². The van der Waals surface area contributed by atoms with Crippen molar-refractivity contribution in [1.29, 1.82) is 0 Å². The van der Waals surface area contributed by atoms with Gasteiger partial charge in [-0.05, 0) is 59.5 Å². The molecule has 0 radical (unpaired) electrons. The van der Waals surface area contributed by atoms with Gasteiger partial charge in [0.05, 0.1) is 0 Å². The quantitative estimate of drug-likeness (QED) is 0.557. The van der Waals surface area contributed by atoms with E-state index in [-0.39, 0.29) is 17.9 Å². The van der Waals surface area contributed by atoms with Crippen molar-refractivity contribution < 1.29 is 19.4 Å². The summed E-state index contributed by atoms with van der Waals surface area (Å²) in [7, 11) is 0. The third kappa shape index (κ3) is 6.07. The van der Waals surface area contributed by atoms with Gasteiger partial charge in [-0.3, -0.25) is 9.78 Å². The van der Waals surface area contributed by atoms with Crippen molar-refractivity contribution in [3.8, 4) is 5.75 Å². The SMILES string of the molecule is Cc1cccnc1Cc1ccc(OC(=O)N2CCC(Sc3nnnn3CC(=O)O)CC2)cc1. The minimum atomic E-state index is -0.999. The molecule has 11 heteroatoms. The third-order valence-corrected chi connectivity index (χ3v) is 6.68. The lowest BCUT2D eigenvalue weighted by Gasteiger charge is -2.30. The molecule has 1 N–H and O–H groups in total. The van der Waals surface area contributed by atoms with Gasteiger partial charge in [0.2, 0.25) is 5.16 Å². The topological polar surface area (TPSA) is 123 Å². The smallest absolute Gasteiger partial charge is 0.415 e. The number of amides is 1. The summed E-state index contributed by atoms with van der Waals surface area (Å²) in [4.78, 5) is 29.6. The minimum absolute atomic E-state index is 0.196. The lowest BCUT2D eigenvalue weighted by Crippen LogP contribution is -2.41. The number of carboxylic acids is 1. The Bertz CT molecular complexity index is 1110. The number of hydrogen-bond donors (Lipinski definition) is 1. The lowest BCUT2D eigenvalue weighted by atomic mass is 10.1. The van der Waals surface area contributed by atoms with Gasteiger partial charge in [-0.15, -0.1) is 5.10 Å². The Morgan fingerprint density at radius 1 is 1.18 bits per heavy atom. The first kappa shape index (κ1) is 22.7. The molecule has 0 spiro atoms. The van der Waals surface area contributed by atoms with E-state index in [0.717, 1.165) is 36.1 Å². The standard InChI is InChI=1S/C22H24N6O4S/c1-15-3-2-10-23-19(15)13-16-4-6-17(7-5-16)32-22(31)27-11-8-18(9-12-27)33-21-24-25-26-28(21)14-20(29)30/h2-7,10,18H,8-9,11-14H2,1H3,(H,29,30). The van der Waals surface area contributed by atoms with Crippen molar-refractivity contribution in [2.24, 2.45) is 0 Å². The van der Waals surface area contributed by atoms with E-state index in [1.807, 2.05) is 31.2 Å². The predicted molar refractivity (Wildman–Crippen MR) is 120 cm³/mol. The maximum atomic E-state index is 12.6. The number of hydrogen-bond acceptors (Lipinski definition) is 8. The molecule has 2 aromatic heterocycles. The van der Waals surface area contributed by atoms with E-state index in [4.69, 9.17) is 9.84 Å². The van der Waals surface area contributed by atoms with Gasteiger partial charge in [0, 0.05) is 36.7 Å². The Balaban J connectivity index is 1.26. The van der Waals surface area contributed by atoms with E-state index >= 15 is 0 Å². The summed E-state index contributed by atoms with van der Waals surface area (Å²) >= 11 is 1.44. The highest BCUT2D eigenvalue weighted by atomic mass is 32.2. The second kappa shape index (κ2) is 10.4. The largest absolute Gasteiger partial charge is 0.480 e. The van der Waals surface area contributed by atoms with E-state index in [9.17, 15) is 9.59 Å². The van der Waals surface area contributed by atoms with E-state index in [1.165, 1.54) is 16.4 Å². The molecule has 1 aliphatic rings. The van der Waals surface area contributed by atoms with Gasteiger partial charge >= 0.3 is 12.1 Å². The zero-order chi connectivity index (χ0) is 23.2. The molecule has 33 heavy (non-hydrogen) atoms. The van der Waals surface area contributed by atoms with Gasteiger partial charge in [0.1, 0.15) is 12.3 Å². The van der Waals surface area contributed by atoms with Crippen LogP contribution in [0.15, 0.2) is 47.8 Å². The first-order valence-corrected chi connectivity index (χ1v) is 11.5. The molecule has 1 aromatic carbocycles. The Kier molecular flexibility index (Phi) is 7.18. The Morgan fingerprint density at radius 2 is 1.94 bits per heavy atom. The number of piperidine rings is 1. The maximum Gasteiger partial charge on any atom is 0.415 e. The summed E-state index contributed by atoms with van der Waals surface area (Å²) in [6, 6.07) is 11.5. The number of nitrogens with zero attached hydrogens (tertiary/aromatic N) is 6. The number of aromatic nitrogens is 5. The highest BCUT2D eigenvalue weighted by Crippen LogP contribution is 2.29. The number of benzene rings is 1. The fourth-order valence-corrected chi connectivity index (χ4v) is 4.60. The van der Waals surface area contributed by atoms with Crippen molar-refractivity contribution in [3.63, 3.8) is 0 Å². The molecule has 10 nitrogen and oxygen atoms in total. The molecule has 1 saturated heterocycles. The van der Waals surface area contributed by atoms with Crippen molar-refractivity contribution in [2.75, 3.05) is 13.1 Å². The number of carbonyl (C=O) groups excluding carboxylic acids is 1. The summed E-state index contributed by atoms with van der Waals surface area (Å²) in [5, 5.41) is 20.8. The molecule has 1 fully saturated rings. The van der Waals surface area contributed by atoms with Gasteiger partial charge in [-0.25, -0.2) is 9.48 Å². The van der Waals surface area contributed by atoms with E-state index < -0.39 is 5.97 Å². The van der Waals surface area contributed by atoms with Crippen LogP contribution in [0.1, 0.15) is 29.7 Å². The molecule has 172 valence electrons. The van der Waals surface area contributed by atoms with E-state index in [0.29, 0.717) is 24.0 Å². The number of rotatable bonds is 7. The first-order chi connectivity index (χ1) is 16.0. The van der Waals surface area contributed by atoms with Crippen LogP contribution in [0, 0.1) is 6.92 Å². The normalized spacial score (nSPS) is 14.3.